The molecule has 0 saturated carbocycles. The van der Waals surface area contributed by atoms with Crippen molar-refractivity contribution in [3.63, 3.8) is 0 Å². The summed E-state index contributed by atoms with van der Waals surface area (Å²) in [5.41, 5.74) is 3.89. The molecule has 9 heteroatoms. The minimum Gasteiger partial charge on any atom is -0.329 e. The molecule has 0 radical (unpaired) electrons. The standard InChI is InChI=1S/C19H20ClN5O.2ClH/c1-11-8-15(17-12(2)23-24-18(17)22-11)19(26)25-7-6-21-10-16(25)13-4-3-5-14(20)9-13;;/h3-5,8-9,16,21H,6-7,10H2,1-2H3,(H,22,23,24);2*1H. The molecule has 0 spiro atoms. The molecule has 3 heterocycles. The number of rotatable bonds is 2. The normalized spacial score (nSPS) is 16.4. The number of pyridine rings is 1. The van der Waals surface area contributed by atoms with E-state index in [1.807, 2.05) is 49.1 Å². The Bertz CT molecular complexity index is 991. The molecule has 1 atom stereocenters. The van der Waals surface area contributed by atoms with Crippen LogP contribution in [0.3, 0.4) is 0 Å². The Morgan fingerprint density at radius 1 is 1.25 bits per heavy atom. The van der Waals surface area contributed by atoms with Crippen LogP contribution in [-0.2, 0) is 0 Å². The highest BCUT2D eigenvalue weighted by Gasteiger charge is 2.30. The van der Waals surface area contributed by atoms with Gasteiger partial charge >= 0.3 is 0 Å². The molecule has 150 valence electrons. The highest BCUT2D eigenvalue weighted by atomic mass is 35.5. The van der Waals surface area contributed by atoms with Gasteiger partial charge in [-0.3, -0.25) is 9.89 Å². The number of amides is 1. The second-order valence-electron chi connectivity index (χ2n) is 6.63. The highest BCUT2D eigenvalue weighted by molar-refractivity contribution is 6.30. The molecule has 1 aliphatic rings. The molecule has 1 unspecified atom stereocenters. The molecule has 0 bridgehead atoms. The van der Waals surface area contributed by atoms with Gasteiger partial charge in [0.2, 0.25) is 0 Å². The number of halogens is 3. The molecule has 1 aromatic carbocycles. The number of piperazine rings is 1. The Labute approximate surface area is 180 Å². The number of aryl methyl sites for hydroxylation is 2. The molecule has 1 fully saturated rings. The van der Waals surface area contributed by atoms with E-state index < -0.39 is 0 Å². The Kier molecular flexibility index (Phi) is 7.28. The molecule has 6 nitrogen and oxygen atoms in total. The number of H-pyrrole nitrogens is 1. The van der Waals surface area contributed by atoms with Crippen LogP contribution in [0.2, 0.25) is 5.02 Å². The van der Waals surface area contributed by atoms with Gasteiger partial charge in [-0.05, 0) is 37.6 Å². The van der Waals surface area contributed by atoms with Crippen LogP contribution in [0, 0.1) is 13.8 Å². The van der Waals surface area contributed by atoms with Crippen molar-refractivity contribution in [2.24, 2.45) is 0 Å². The molecule has 4 rings (SSSR count). The minimum atomic E-state index is -0.0642. The van der Waals surface area contributed by atoms with Gasteiger partial charge in [0.25, 0.3) is 5.91 Å². The van der Waals surface area contributed by atoms with Crippen LogP contribution in [-0.4, -0.2) is 45.6 Å². The van der Waals surface area contributed by atoms with Crippen LogP contribution in [0.5, 0.6) is 0 Å². The predicted molar refractivity (Wildman–Crippen MR) is 116 cm³/mol. The second kappa shape index (κ2) is 9.09. The SMILES string of the molecule is Cc1cc(C(=O)N2CCNCC2c2cccc(Cl)c2)c2c(C)[nH]nc2n1.Cl.Cl. The van der Waals surface area contributed by atoms with Crippen LogP contribution in [0.15, 0.2) is 30.3 Å². The lowest BCUT2D eigenvalue weighted by atomic mass is 10.0. The van der Waals surface area contributed by atoms with E-state index in [0.717, 1.165) is 28.9 Å². The molecule has 2 aromatic heterocycles. The van der Waals surface area contributed by atoms with Crippen molar-refractivity contribution in [2.75, 3.05) is 19.6 Å². The topological polar surface area (TPSA) is 73.9 Å². The summed E-state index contributed by atoms with van der Waals surface area (Å²) < 4.78 is 0. The summed E-state index contributed by atoms with van der Waals surface area (Å²) >= 11 is 6.17. The van der Waals surface area contributed by atoms with Gasteiger partial charge < -0.3 is 10.2 Å². The van der Waals surface area contributed by atoms with E-state index in [4.69, 9.17) is 11.6 Å². The number of fused-ring (bicyclic) bond motifs is 1. The lowest BCUT2D eigenvalue weighted by Crippen LogP contribution is -2.48. The van der Waals surface area contributed by atoms with Gasteiger partial charge in [-0.25, -0.2) is 4.98 Å². The summed E-state index contributed by atoms with van der Waals surface area (Å²) in [5, 5.41) is 12.0. The molecule has 0 aliphatic carbocycles. The molecule has 1 aliphatic heterocycles. The Morgan fingerprint density at radius 2 is 2.04 bits per heavy atom. The number of carbonyl (C=O) groups is 1. The number of aromatic nitrogens is 3. The largest absolute Gasteiger partial charge is 0.329 e. The van der Waals surface area contributed by atoms with E-state index in [9.17, 15) is 4.79 Å². The fourth-order valence-electron chi connectivity index (χ4n) is 3.58. The van der Waals surface area contributed by atoms with Gasteiger partial charge in [0.05, 0.1) is 17.0 Å². The summed E-state index contributed by atoms with van der Waals surface area (Å²) in [6, 6.07) is 9.49. The first-order valence-corrected chi connectivity index (χ1v) is 9.02. The van der Waals surface area contributed by atoms with E-state index in [0.29, 0.717) is 29.3 Å². The maximum Gasteiger partial charge on any atom is 0.255 e. The third-order valence-electron chi connectivity index (χ3n) is 4.80. The first-order chi connectivity index (χ1) is 12.5. The summed E-state index contributed by atoms with van der Waals surface area (Å²) in [5.74, 6) is -0.00326. The van der Waals surface area contributed by atoms with Crippen molar-refractivity contribution in [2.45, 2.75) is 19.9 Å². The molecule has 2 N–H and O–H groups in total. The quantitative estimate of drug-likeness (QED) is 0.632. The first-order valence-electron chi connectivity index (χ1n) is 8.64. The fourth-order valence-corrected chi connectivity index (χ4v) is 3.78. The lowest BCUT2D eigenvalue weighted by Gasteiger charge is -2.37. The van der Waals surface area contributed by atoms with Crippen LogP contribution in [0.25, 0.3) is 11.0 Å². The molecular formula is C19H22Cl3N5O. The highest BCUT2D eigenvalue weighted by Crippen LogP contribution is 2.29. The Balaban J connectivity index is 0.00000140. The van der Waals surface area contributed by atoms with Crippen molar-refractivity contribution in [3.05, 3.63) is 57.9 Å². The molecule has 28 heavy (non-hydrogen) atoms. The zero-order valence-corrected chi connectivity index (χ0v) is 17.9. The maximum atomic E-state index is 13.5. The number of benzene rings is 1. The monoisotopic (exact) mass is 441 g/mol. The Morgan fingerprint density at radius 3 is 2.79 bits per heavy atom. The van der Waals surface area contributed by atoms with Crippen molar-refractivity contribution in [1.29, 1.82) is 0 Å². The predicted octanol–water partition coefficient (Wildman–Crippen LogP) is 3.86. The number of aromatic amines is 1. The summed E-state index contributed by atoms with van der Waals surface area (Å²) in [4.78, 5) is 19.8. The average molecular weight is 443 g/mol. The smallest absolute Gasteiger partial charge is 0.255 e. The number of hydrogen-bond donors (Lipinski definition) is 2. The second-order valence-corrected chi connectivity index (χ2v) is 7.07. The van der Waals surface area contributed by atoms with Crippen molar-refractivity contribution < 1.29 is 4.79 Å². The van der Waals surface area contributed by atoms with Crippen molar-refractivity contribution in [3.8, 4) is 0 Å². The maximum absolute atomic E-state index is 13.5. The van der Waals surface area contributed by atoms with E-state index in [1.165, 1.54) is 0 Å². The van der Waals surface area contributed by atoms with Crippen molar-refractivity contribution in [1.82, 2.24) is 25.4 Å². The van der Waals surface area contributed by atoms with Crippen LogP contribution in [0.1, 0.15) is 33.4 Å². The molecular weight excluding hydrogens is 421 g/mol. The molecule has 1 amide bonds. The number of carbonyl (C=O) groups excluding carboxylic acids is 1. The van der Waals surface area contributed by atoms with Crippen LogP contribution < -0.4 is 5.32 Å². The third-order valence-corrected chi connectivity index (χ3v) is 5.04. The lowest BCUT2D eigenvalue weighted by molar-refractivity contribution is 0.0636. The Hall–Kier alpha value is -1.86. The molecule has 3 aromatic rings. The van der Waals surface area contributed by atoms with Crippen LogP contribution >= 0.6 is 36.4 Å². The number of nitrogens with one attached hydrogen (secondary N) is 2. The van der Waals surface area contributed by atoms with Gasteiger partial charge in [0, 0.05) is 36.0 Å². The van der Waals surface area contributed by atoms with Crippen LogP contribution in [0.4, 0.5) is 0 Å². The number of nitrogens with zero attached hydrogens (tertiary/aromatic N) is 3. The van der Waals surface area contributed by atoms with Gasteiger partial charge in [-0.1, -0.05) is 23.7 Å². The van der Waals surface area contributed by atoms with Gasteiger partial charge in [-0.15, -0.1) is 24.8 Å². The average Bonchev–Trinajstić information content (AvgIpc) is 3.01. The molecule has 1 saturated heterocycles. The van der Waals surface area contributed by atoms with E-state index >= 15 is 0 Å². The van der Waals surface area contributed by atoms with Gasteiger partial charge in [-0.2, -0.15) is 5.10 Å². The first kappa shape index (κ1) is 22.4. The third kappa shape index (κ3) is 4.10. The zero-order chi connectivity index (χ0) is 18.3. The summed E-state index contributed by atoms with van der Waals surface area (Å²) in [7, 11) is 0. The summed E-state index contributed by atoms with van der Waals surface area (Å²) in [6.07, 6.45) is 0. The minimum absolute atomic E-state index is 0. The van der Waals surface area contributed by atoms with E-state index in [1.54, 1.807) is 0 Å². The van der Waals surface area contributed by atoms with E-state index in [-0.39, 0.29) is 36.8 Å². The van der Waals surface area contributed by atoms with Gasteiger partial charge in [0.1, 0.15) is 0 Å². The number of hydrogen-bond acceptors (Lipinski definition) is 4. The summed E-state index contributed by atoms with van der Waals surface area (Å²) in [6.45, 7) is 5.89. The van der Waals surface area contributed by atoms with Crippen molar-refractivity contribution >= 4 is 53.4 Å². The van der Waals surface area contributed by atoms with E-state index in [2.05, 4.69) is 20.5 Å². The fraction of sp³-hybridized carbons (Fsp3) is 0.316. The zero-order valence-electron chi connectivity index (χ0n) is 15.5. The van der Waals surface area contributed by atoms with Gasteiger partial charge in [0.15, 0.2) is 5.65 Å².